The van der Waals surface area contributed by atoms with E-state index in [0.29, 0.717) is 0 Å². The number of unbranched alkanes of at least 4 members (excludes halogenated alkanes) is 33. The van der Waals surface area contributed by atoms with Crippen molar-refractivity contribution in [2.45, 2.75) is 295 Å². The third-order valence-corrected chi connectivity index (χ3v) is 17.0. The van der Waals surface area contributed by atoms with Gasteiger partial charge in [-0.3, -0.25) is 0 Å². The van der Waals surface area contributed by atoms with Gasteiger partial charge >= 0.3 is 257 Å². The van der Waals surface area contributed by atoms with Gasteiger partial charge in [-0.05, 0) is 19.3 Å². The van der Waals surface area contributed by atoms with Crippen LogP contribution in [0.25, 0.3) is 0 Å². The van der Waals surface area contributed by atoms with Crippen molar-refractivity contribution in [1.29, 1.82) is 0 Å². The zero-order valence-corrected chi connectivity index (χ0v) is 44.5. The monoisotopic (exact) mass is 979 g/mol. The van der Waals surface area contributed by atoms with Gasteiger partial charge in [0, 0.05) is 0 Å². The molecule has 0 aliphatic carbocycles. The van der Waals surface area contributed by atoms with Crippen molar-refractivity contribution >= 4 is 37.5 Å². The van der Waals surface area contributed by atoms with Crippen LogP contribution in [0.4, 0.5) is 0 Å². The van der Waals surface area contributed by atoms with Crippen LogP contribution in [0.1, 0.15) is 290 Å². The fourth-order valence-corrected chi connectivity index (χ4v) is 12.6. The van der Waals surface area contributed by atoms with Gasteiger partial charge in [-0.15, -0.1) is 0 Å². The van der Waals surface area contributed by atoms with Gasteiger partial charge in [-0.25, -0.2) is 0 Å². The van der Waals surface area contributed by atoms with Gasteiger partial charge in [0.1, 0.15) is 0 Å². The first-order valence-electron chi connectivity index (χ1n) is 27.0. The Morgan fingerprint density at radius 3 is 0.677 bits per heavy atom. The third-order valence-electron chi connectivity index (χ3n) is 11.8. The Morgan fingerprint density at radius 1 is 0.290 bits per heavy atom. The number of hydrogen-bond acceptors (Lipinski definition) is 6. The van der Waals surface area contributed by atoms with Crippen molar-refractivity contribution in [2.24, 2.45) is 0 Å². The van der Waals surface area contributed by atoms with Gasteiger partial charge in [0.05, 0.1) is 0 Å². The summed E-state index contributed by atoms with van der Waals surface area (Å²) >= 11 is -4.75. The summed E-state index contributed by atoms with van der Waals surface area (Å²) in [6.07, 6.45) is 61.1. The van der Waals surface area contributed by atoms with Crippen LogP contribution in [0.2, 0.25) is 4.94 Å². The maximum absolute atomic E-state index is 13.0. The molecule has 0 N–H and O–H groups in total. The Morgan fingerprint density at radius 2 is 0.468 bits per heavy atom. The van der Waals surface area contributed by atoms with Crippen molar-refractivity contribution in [3.63, 3.8) is 0 Å². The average molecular weight is 978 g/mol. The Bertz CT molecular complexity index is 952. The second-order valence-electron chi connectivity index (χ2n) is 18.3. The van der Waals surface area contributed by atoms with Crippen molar-refractivity contribution in [1.82, 2.24) is 0 Å². The molecule has 0 rings (SSSR count). The number of hydrogen-bond donors (Lipinski definition) is 0. The van der Waals surface area contributed by atoms with Crippen LogP contribution in [-0.4, -0.2) is 37.5 Å². The summed E-state index contributed by atoms with van der Waals surface area (Å²) in [4.78, 5) is 40.6. The van der Waals surface area contributed by atoms with Gasteiger partial charge in [0.2, 0.25) is 0 Å². The van der Waals surface area contributed by atoms with Gasteiger partial charge in [0.25, 0.3) is 0 Å². The summed E-state index contributed by atoms with van der Waals surface area (Å²) in [5.74, 6) is -1.24. The van der Waals surface area contributed by atoms with Crippen LogP contribution < -0.4 is 0 Å². The molecule has 0 unspecified atom stereocenters. The summed E-state index contributed by atoms with van der Waals surface area (Å²) < 4.78 is 17.5. The summed E-state index contributed by atoms with van der Waals surface area (Å²) in [5, 5.41) is 0. The van der Waals surface area contributed by atoms with Crippen LogP contribution in [-0.2, 0) is 23.6 Å². The predicted molar refractivity (Wildman–Crippen MR) is 268 cm³/mol. The summed E-state index contributed by atoms with van der Waals surface area (Å²) in [7, 11) is 0. The molecule has 0 atom stereocenters. The van der Waals surface area contributed by atoms with Crippen LogP contribution >= 0.6 is 0 Å². The zero-order chi connectivity index (χ0) is 45.3. The fraction of sp³-hybridized carbons (Fsp3) is 0.836. The van der Waals surface area contributed by atoms with Crippen LogP contribution in [0.5, 0.6) is 0 Å². The molecular formula is C55H102O6Sn. The third kappa shape index (κ3) is 46.4. The van der Waals surface area contributed by atoms with E-state index in [2.05, 4.69) is 57.2 Å². The molecule has 0 aromatic heterocycles. The Hall–Kier alpha value is -1.57. The minimum Gasteiger partial charge on any atom is -0.0654 e. The molecule has 0 saturated carbocycles. The van der Waals surface area contributed by atoms with E-state index in [1.165, 1.54) is 154 Å². The number of carbonyl (C=O) groups excluding carboxylic acids is 3. The van der Waals surface area contributed by atoms with Crippen LogP contribution in [0, 0.1) is 0 Å². The van der Waals surface area contributed by atoms with Crippen LogP contribution in [0.3, 0.4) is 0 Å². The standard InChI is InChI=1S/3C18H34O2.CH3.Sn/c3*1-2-3-4-5-6-7-8-9-10-11-12-13-14-15-16-17-18(19)20;;/h3*9-10H,2-8,11-17H2,1H3,(H,19,20);1H3;/q;;;;+3/p-3/b3*10-9-;;. The molecule has 0 aliphatic rings. The zero-order valence-electron chi connectivity index (χ0n) is 41.6. The summed E-state index contributed by atoms with van der Waals surface area (Å²) in [6.45, 7) is 6.79. The van der Waals surface area contributed by atoms with Gasteiger partial charge in [0.15, 0.2) is 0 Å². The molecule has 0 aromatic carbocycles. The maximum atomic E-state index is 13.0. The van der Waals surface area contributed by atoms with E-state index in [1.807, 2.05) is 0 Å². The van der Waals surface area contributed by atoms with E-state index in [4.69, 9.17) is 9.22 Å². The quantitative estimate of drug-likeness (QED) is 0.0343. The molecule has 0 amide bonds. The molecule has 62 heavy (non-hydrogen) atoms. The molecular weight excluding hydrogens is 875 g/mol. The molecule has 0 heterocycles. The fourth-order valence-electron chi connectivity index (χ4n) is 7.86. The second kappa shape index (κ2) is 48.9. The molecule has 0 spiro atoms. The van der Waals surface area contributed by atoms with Crippen molar-refractivity contribution < 1.29 is 23.6 Å². The molecule has 0 aromatic rings. The number of carbonyl (C=O) groups is 3. The van der Waals surface area contributed by atoms with E-state index in [9.17, 15) is 14.4 Å². The summed E-state index contributed by atoms with van der Waals surface area (Å²) in [5.41, 5.74) is 0. The predicted octanol–water partition coefficient (Wildman–Crippen LogP) is 18.3. The minimum atomic E-state index is -4.75. The second-order valence-corrected chi connectivity index (χ2v) is 25.0. The first-order valence-corrected chi connectivity index (χ1v) is 33.3. The Labute approximate surface area is 390 Å². The Kier molecular flexibility index (Phi) is 47.6. The van der Waals surface area contributed by atoms with Crippen molar-refractivity contribution in [3.8, 4) is 0 Å². The summed E-state index contributed by atoms with van der Waals surface area (Å²) in [6, 6.07) is 0. The van der Waals surface area contributed by atoms with E-state index in [-0.39, 0.29) is 19.3 Å². The van der Waals surface area contributed by atoms with E-state index in [0.717, 1.165) is 96.3 Å². The van der Waals surface area contributed by atoms with Crippen molar-refractivity contribution in [3.05, 3.63) is 36.5 Å². The molecule has 0 bridgehead atoms. The molecule has 6 nitrogen and oxygen atoms in total. The first kappa shape index (κ1) is 60.4. The van der Waals surface area contributed by atoms with E-state index < -0.39 is 37.5 Å². The van der Waals surface area contributed by atoms with Crippen LogP contribution in [0.15, 0.2) is 36.5 Å². The van der Waals surface area contributed by atoms with Gasteiger partial charge in [-0.2, -0.15) is 0 Å². The van der Waals surface area contributed by atoms with Gasteiger partial charge in [-0.1, -0.05) is 117 Å². The molecule has 362 valence electrons. The Balaban J connectivity index is 4.55. The molecule has 7 heteroatoms. The van der Waals surface area contributed by atoms with Crippen molar-refractivity contribution in [2.75, 3.05) is 0 Å². The molecule has 0 aliphatic heterocycles. The first-order chi connectivity index (χ1) is 30.4. The normalized spacial score (nSPS) is 12.0. The smallest absolute Gasteiger partial charge is 0.0654 e. The SMILES string of the molecule is CCCCCCCC/C=C\CCCCCCCC(=O)[O][Sn]([CH3])([O]C(=O)CCCCCCC/C=C\CCCCCCCC)[O]C(=O)CCCCCCC/C=C\CCCCCCCC. The number of rotatable bonds is 48. The van der Waals surface area contributed by atoms with E-state index in [1.54, 1.807) is 4.94 Å². The van der Waals surface area contributed by atoms with Gasteiger partial charge < -0.3 is 0 Å². The molecule has 0 radical (unpaired) electrons. The number of allylic oxidation sites excluding steroid dienone is 6. The molecule has 0 fully saturated rings. The van der Waals surface area contributed by atoms with E-state index >= 15 is 0 Å². The topological polar surface area (TPSA) is 78.9 Å². The molecule has 0 saturated heterocycles. The average Bonchev–Trinajstić information content (AvgIpc) is 3.24. The minimum absolute atomic E-state index is 0.252.